The number of rotatable bonds is 3. The molecule has 2 unspecified atom stereocenters. The van der Waals surface area contributed by atoms with E-state index in [9.17, 15) is 14.9 Å². The normalized spacial score (nSPS) is 27.2. The van der Waals surface area contributed by atoms with Crippen LogP contribution < -0.4 is 0 Å². The summed E-state index contributed by atoms with van der Waals surface area (Å²) < 4.78 is 4.76. The molecule has 0 spiro atoms. The lowest BCUT2D eigenvalue weighted by molar-refractivity contribution is -0.526. The summed E-state index contributed by atoms with van der Waals surface area (Å²) in [7, 11) is 0. The van der Waals surface area contributed by atoms with E-state index >= 15 is 0 Å². The molecular weight excluding hydrogens is 174 g/mol. The number of hydrogen-bond acceptors (Lipinski definition) is 4. The fraction of sp³-hybridized carbons (Fsp3) is 0.875. The largest absolute Gasteiger partial charge is 0.466 e. The summed E-state index contributed by atoms with van der Waals surface area (Å²) in [4.78, 5) is 21.4. The van der Waals surface area contributed by atoms with Crippen molar-refractivity contribution in [2.75, 3.05) is 6.61 Å². The molecule has 1 rings (SSSR count). The first kappa shape index (κ1) is 9.95. The van der Waals surface area contributed by atoms with E-state index in [1.54, 1.807) is 6.92 Å². The van der Waals surface area contributed by atoms with E-state index in [1.165, 1.54) is 0 Å². The van der Waals surface area contributed by atoms with Gasteiger partial charge >= 0.3 is 5.97 Å². The van der Waals surface area contributed by atoms with Crippen molar-refractivity contribution in [1.82, 2.24) is 0 Å². The Bertz CT molecular complexity index is 216. The number of hydrogen-bond donors (Lipinski definition) is 0. The van der Waals surface area contributed by atoms with Crippen molar-refractivity contribution in [2.45, 2.75) is 32.2 Å². The van der Waals surface area contributed by atoms with Gasteiger partial charge in [-0.05, 0) is 19.8 Å². The molecule has 1 fully saturated rings. The van der Waals surface area contributed by atoms with Crippen LogP contribution in [-0.4, -0.2) is 23.5 Å². The molecule has 1 saturated carbocycles. The zero-order chi connectivity index (χ0) is 9.84. The zero-order valence-corrected chi connectivity index (χ0v) is 7.56. The lowest BCUT2D eigenvalue weighted by Crippen LogP contribution is -2.31. The Morgan fingerprint density at radius 1 is 1.62 bits per heavy atom. The van der Waals surface area contributed by atoms with Crippen molar-refractivity contribution in [3.05, 3.63) is 10.1 Å². The third kappa shape index (κ3) is 2.17. The molecule has 0 heterocycles. The molecule has 0 aliphatic heterocycles. The third-order valence-corrected chi connectivity index (χ3v) is 2.34. The first-order chi connectivity index (χ1) is 6.16. The van der Waals surface area contributed by atoms with Gasteiger partial charge in [0.05, 0.1) is 6.61 Å². The van der Waals surface area contributed by atoms with Gasteiger partial charge in [-0.25, -0.2) is 0 Å². The Morgan fingerprint density at radius 2 is 2.31 bits per heavy atom. The van der Waals surface area contributed by atoms with E-state index in [2.05, 4.69) is 0 Å². The number of carbonyl (C=O) groups excluding carboxylic acids is 1. The number of esters is 1. The van der Waals surface area contributed by atoms with Crippen LogP contribution in [-0.2, 0) is 9.53 Å². The van der Waals surface area contributed by atoms with Crippen LogP contribution in [0.5, 0.6) is 0 Å². The first-order valence-corrected chi connectivity index (χ1v) is 4.47. The summed E-state index contributed by atoms with van der Waals surface area (Å²) in [5.41, 5.74) is 0. The molecule has 1 aliphatic carbocycles. The topological polar surface area (TPSA) is 69.4 Å². The van der Waals surface area contributed by atoms with E-state index in [4.69, 9.17) is 4.74 Å². The highest BCUT2D eigenvalue weighted by Gasteiger charge is 2.42. The van der Waals surface area contributed by atoms with Gasteiger partial charge in [-0.1, -0.05) is 0 Å². The molecule has 0 aromatic rings. The summed E-state index contributed by atoms with van der Waals surface area (Å²) in [5.74, 6) is -0.934. The molecule has 0 aromatic carbocycles. The Kier molecular flexibility index (Phi) is 3.22. The molecule has 0 bridgehead atoms. The Balaban J connectivity index is 2.57. The lowest BCUT2D eigenvalue weighted by Gasteiger charge is -2.10. The van der Waals surface area contributed by atoms with Crippen LogP contribution in [0.3, 0.4) is 0 Å². The van der Waals surface area contributed by atoms with Crippen LogP contribution >= 0.6 is 0 Å². The minimum Gasteiger partial charge on any atom is -0.466 e. The predicted molar refractivity (Wildman–Crippen MR) is 44.8 cm³/mol. The minimum atomic E-state index is -0.723. The molecular formula is C8H13NO4. The number of nitro groups is 1. The quantitative estimate of drug-likeness (QED) is 0.375. The number of nitrogens with zero attached hydrogens (tertiary/aromatic N) is 1. The molecule has 0 amide bonds. The van der Waals surface area contributed by atoms with Crippen molar-refractivity contribution >= 4 is 5.97 Å². The molecule has 5 nitrogen and oxygen atoms in total. The maximum atomic E-state index is 11.2. The molecule has 1 aliphatic rings. The van der Waals surface area contributed by atoms with Gasteiger partial charge in [0, 0.05) is 11.3 Å². The van der Waals surface area contributed by atoms with E-state index < -0.39 is 17.9 Å². The van der Waals surface area contributed by atoms with Crippen molar-refractivity contribution in [3.8, 4) is 0 Å². The van der Waals surface area contributed by atoms with Gasteiger partial charge in [-0.2, -0.15) is 0 Å². The second-order valence-corrected chi connectivity index (χ2v) is 3.14. The van der Waals surface area contributed by atoms with Gasteiger partial charge in [0.2, 0.25) is 6.04 Å². The van der Waals surface area contributed by atoms with Gasteiger partial charge in [0.15, 0.2) is 0 Å². The highest BCUT2D eigenvalue weighted by molar-refractivity contribution is 5.73. The van der Waals surface area contributed by atoms with E-state index in [1.807, 2.05) is 0 Å². The van der Waals surface area contributed by atoms with Crippen molar-refractivity contribution < 1.29 is 14.5 Å². The molecule has 0 N–H and O–H groups in total. The Labute approximate surface area is 76.2 Å². The second-order valence-electron chi connectivity index (χ2n) is 3.14. The Hall–Kier alpha value is -1.13. The van der Waals surface area contributed by atoms with Crippen LogP contribution in [0.2, 0.25) is 0 Å². The lowest BCUT2D eigenvalue weighted by atomic mass is 10.1. The molecule has 0 aromatic heterocycles. The van der Waals surface area contributed by atoms with Gasteiger partial charge in [-0.3, -0.25) is 14.9 Å². The fourth-order valence-electron chi connectivity index (χ4n) is 1.72. The molecule has 2 atom stereocenters. The minimum absolute atomic E-state index is 0.291. The fourth-order valence-corrected chi connectivity index (χ4v) is 1.72. The van der Waals surface area contributed by atoms with Crippen LogP contribution in [0.15, 0.2) is 0 Å². The maximum absolute atomic E-state index is 11.2. The van der Waals surface area contributed by atoms with Crippen molar-refractivity contribution in [2.24, 2.45) is 5.92 Å². The number of ether oxygens (including phenoxy) is 1. The predicted octanol–water partition coefficient (Wildman–Crippen LogP) is 0.995. The van der Waals surface area contributed by atoms with Crippen LogP contribution in [0.4, 0.5) is 0 Å². The van der Waals surface area contributed by atoms with Gasteiger partial charge in [0.25, 0.3) is 0 Å². The summed E-state index contributed by atoms with van der Waals surface area (Å²) in [5, 5.41) is 10.5. The molecule has 74 valence electrons. The molecule has 13 heavy (non-hydrogen) atoms. The summed E-state index contributed by atoms with van der Waals surface area (Å²) in [6.07, 6.45) is 1.83. The molecule has 0 radical (unpaired) electrons. The van der Waals surface area contributed by atoms with Crippen LogP contribution in [0, 0.1) is 16.0 Å². The summed E-state index contributed by atoms with van der Waals surface area (Å²) in [6.45, 7) is 1.99. The monoisotopic (exact) mass is 187 g/mol. The van der Waals surface area contributed by atoms with E-state index in [-0.39, 0.29) is 4.92 Å². The van der Waals surface area contributed by atoms with Crippen LogP contribution in [0.25, 0.3) is 0 Å². The van der Waals surface area contributed by atoms with Crippen molar-refractivity contribution in [1.29, 1.82) is 0 Å². The molecule has 0 saturated heterocycles. The second kappa shape index (κ2) is 4.20. The smallest absolute Gasteiger partial charge is 0.315 e. The standard InChI is InChI=1S/C8H13NO4/c1-2-13-8(10)6-4-3-5-7(6)9(11)12/h6-7H,2-5H2,1H3. The summed E-state index contributed by atoms with van der Waals surface area (Å²) >= 11 is 0. The van der Waals surface area contributed by atoms with E-state index in [0.29, 0.717) is 19.4 Å². The SMILES string of the molecule is CCOC(=O)C1CCCC1[N+](=O)[O-]. The van der Waals surface area contributed by atoms with Gasteiger partial charge in [-0.15, -0.1) is 0 Å². The third-order valence-electron chi connectivity index (χ3n) is 2.34. The Morgan fingerprint density at radius 3 is 2.85 bits per heavy atom. The van der Waals surface area contributed by atoms with Crippen molar-refractivity contribution in [3.63, 3.8) is 0 Å². The van der Waals surface area contributed by atoms with Gasteiger partial charge < -0.3 is 4.74 Å². The maximum Gasteiger partial charge on any atom is 0.315 e. The number of carbonyl (C=O) groups is 1. The van der Waals surface area contributed by atoms with Gasteiger partial charge in [0.1, 0.15) is 5.92 Å². The average Bonchev–Trinajstić information content (AvgIpc) is 2.52. The molecule has 5 heteroatoms. The average molecular weight is 187 g/mol. The summed E-state index contributed by atoms with van der Waals surface area (Å²) in [6, 6.07) is -0.723. The van der Waals surface area contributed by atoms with E-state index in [0.717, 1.165) is 6.42 Å². The first-order valence-electron chi connectivity index (χ1n) is 4.47. The van der Waals surface area contributed by atoms with Crippen LogP contribution in [0.1, 0.15) is 26.2 Å². The highest BCUT2D eigenvalue weighted by atomic mass is 16.6. The zero-order valence-electron chi connectivity index (χ0n) is 7.56. The highest BCUT2D eigenvalue weighted by Crippen LogP contribution is 2.28.